The molecule has 0 aromatic carbocycles. The standard InChI is InChI=1S/C14H16ClN3O/c1-3-12-6-11(7-13(15)17-12)14(19)16-8-10-4-5-18(2)9-10/h4-7,9H,3,8H2,1-2H3,(H,16,19). The Morgan fingerprint density at radius 2 is 2.26 bits per heavy atom. The number of aryl methyl sites for hydroxylation is 2. The van der Waals surface area contributed by atoms with Crippen molar-refractivity contribution in [1.29, 1.82) is 0 Å². The number of pyridine rings is 1. The molecule has 0 aliphatic heterocycles. The molecule has 0 saturated heterocycles. The molecule has 0 fully saturated rings. The maximum absolute atomic E-state index is 12.0. The second kappa shape index (κ2) is 5.89. The van der Waals surface area contributed by atoms with Crippen molar-refractivity contribution in [2.24, 2.45) is 7.05 Å². The molecule has 0 aliphatic carbocycles. The van der Waals surface area contributed by atoms with Crippen LogP contribution in [0.4, 0.5) is 0 Å². The molecule has 0 spiro atoms. The molecule has 0 aliphatic rings. The van der Waals surface area contributed by atoms with E-state index in [9.17, 15) is 4.79 Å². The molecule has 100 valence electrons. The zero-order chi connectivity index (χ0) is 13.8. The number of halogens is 1. The topological polar surface area (TPSA) is 46.9 Å². The fourth-order valence-corrected chi connectivity index (χ4v) is 2.04. The minimum Gasteiger partial charge on any atom is -0.357 e. The van der Waals surface area contributed by atoms with Gasteiger partial charge in [-0.3, -0.25) is 4.79 Å². The first kappa shape index (κ1) is 13.6. The number of aromatic nitrogens is 2. The first-order valence-electron chi connectivity index (χ1n) is 6.14. The quantitative estimate of drug-likeness (QED) is 0.873. The fourth-order valence-electron chi connectivity index (χ4n) is 1.81. The van der Waals surface area contributed by atoms with Gasteiger partial charge in [0.2, 0.25) is 0 Å². The van der Waals surface area contributed by atoms with E-state index in [1.54, 1.807) is 12.1 Å². The lowest BCUT2D eigenvalue weighted by molar-refractivity contribution is 0.0950. The van der Waals surface area contributed by atoms with E-state index >= 15 is 0 Å². The lowest BCUT2D eigenvalue weighted by Gasteiger charge is -2.06. The van der Waals surface area contributed by atoms with Crippen LogP contribution in [0.15, 0.2) is 30.6 Å². The summed E-state index contributed by atoms with van der Waals surface area (Å²) in [4.78, 5) is 16.2. The molecule has 2 aromatic rings. The lowest BCUT2D eigenvalue weighted by Crippen LogP contribution is -2.22. The first-order valence-corrected chi connectivity index (χ1v) is 6.52. The normalized spacial score (nSPS) is 10.5. The third kappa shape index (κ3) is 3.58. The number of carbonyl (C=O) groups is 1. The summed E-state index contributed by atoms with van der Waals surface area (Å²) >= 11 is 5.90. The van der Waals surface area contributed by atoms with Crippen molar-refractivity contribution in [1.82, 2.24) is 14.9 Å². The van der Waals surface area contributed by atoms with Crippen LogP contribution in [0, 0.1) is 0 Å². The number of nitrogens with one attached hydrogen (secondary N) is 1. The van der Waals surface area contributed by atoms with Crippen molar-refractivity contribution in [3.63, 3.8) is 0 Å². The number of nitrogens with zero attached hydrogens (tertiary/aromatic N) is 2. The highest BCUT2D eigenvalue weighted by atomic mass is 35.5. The van der Waals surface area contributed by atoms with E-state index in [1.165, 1.54) is 0 Å². The van der Waals surface area contributed by atoms with E-state index < -0.39 is 0 Å². The van der Waals surface area contributed by atoms with Crippen LogP contribution in [0.1, 0.15) is 28.5 Å². The highest BCUT2D eigenvalue weighted by molar-refractivity contribution is 6.29. The van der Waals surface area contributed by atoms with E-state index in [4.69, 9.17) is 11.6 Å². The van der Waals surface area contributed by atoms with Crippen molar-refractivity contribution in [3.8, 4) is 0 Å². The Bertz CT molecular complexity index is 592. The van der Waals surface area contributed by atoms with Crippen molar-refractivity contribution < 1.29 is 4.79 Å². The van der Waals surface area contributed by atoms with Gasteiger partial charge in [0.15, 0.2) is 0 Å². The van der Waals surface area contributed by atoms with Crippen LogP contribution in [0.2, 0.25) is 5.15 Å². The molecule has 5 heteroatoms. The van der Waals surface area contributed by atoms with Gasteiger partial charge in [-0.05, 0) is 30.2 Å². The summed E-state index contributed by atoms with van der Waals surface area (Å²) in [5, 5.41) is 3.22. The third-order valence-electron chi connectivity index (χ3n) is 2.82. The fraction of sp³-hybridized carbons (Fsp3) is 0.286. The van der Waals surface area contributed by atoms with Crippen LogP contribution in [0.3, 0.4) is 0 Å². The highest BCUT2D eigenvalue weighted by Crippen LogP contribution is 2.11. The van der Waals surface area contributed by atoms with Gasteiger partial charge in [0.05, 0.1) is 0 Å². The largest absolute Gasteiger partial charge is 0.357 e. The highest BCUT2D eigenvalue weighted by Gasteiger charge is 2.08. The summed E-state index contributed by atoms with van der Waals surface area (Å²) in [5.74, 6) is -0.136. The molecule has 1 N–H and O–H groups in total. The molecule has 19 heavy (non-hydrogen) atoms. The van der Waals surface area contributed by atoms with Gasteiger partial charge in [-0.1, -0.05) is 18.5 Å². The van der Waals surface area contributed by atoms with Crippen molar-refractivity contribution in [3.05, 3.63) is 52.6 Å². The molecule has 1 amide bonds. The molecule has 0 unspecified atom stereocenters. The Balaban J connectivity index is 2.05. The van der Waals surface area contributed by atoms with E-state index in [2.05, 4.69) is 10.3 Å². The van der Waals surface area contributed by atoms with Crippen LogP contribution < -0.4 is 5.32 Å². The average Bonchev–Trinajstić information content (AvgIpc) is 2.81. The first-order chi connectivity index (χ1) is 9.08. The van der Waals surface area contributed by atoms with E-state index in [0.717, 1.165) is 17.7 Å². The van der Waals surface area contributed by atoms with Crippen LogP contribution in [-0.4, -0.2) is 15.5 Å². The SMILES string of the molecule is CCc1cc(C(=O)NCc2ccn(C)c2)cc(Cl)n1. The minimum atomic E-state index is -0.136. The molecular weight excluding hydrogens is 262 g/mol. The third-order valence-corrected chi connectivity index (χ3v) is 3.01. The van der Waals surface area contributed by atoms with Crippen LogP contribution in [0.25, 0.3) is 0 Å². The van der Waals surface area contributed by atoms with Gasteiger partial charge in [-0.25, -0.2) is 4.98 Å². The minimum absolute atomic E-state index is 0.136. The van der Waals surface area contributed by atoms with Gasteiger partial charge in [0, 0.05) is 37.2 Å². The van der Waals surface area contributed by atoms with Gasteiger partial charge >= 0.3 is 0 Å². The zero-order valence-corrected chi connectivity index (χ0v) is 11.7. The summed E-state index contributed by atoms with van der Waals surface area (Å²) in [6, 6.07) is 5.32. The number of amides is 1. The van der Waals surface area contributed by atoms with Crippen LogP contribution >= 0.6 is 11.6 Å². The van der Waals surface area contributed by atoms with Gasteiger partial charge in [-0.15, -0.1) is 0 Å². The smallest absolute Gasteiger partial charge is 0.251 e. The Kier molecular flexibility index (Phi) is 4.22. The van der Waals surface area contributed by atoms with E-state index in [1.807, 2.05) is 37.0 Å². The summed E-state index contributed by atoms with van der Waals surface area (Å²) in [6.45, 7) is 2.48. The van der Waals surface area contributed by atoms with Crippen molar-refractivity contribution >= 4 is 17.5 Å². The predicted molar refractivity (Wildman–Crippen MR) is 75.2 cm³/mol. The Morgan fingerprint density at radius 1 is 1.47 bits per heavy atom. The summed E-state index contributed by atoms with van der Waals surface area (Å²) < 4.78 is 1.94. The predicted octanol–water partition coefficient (Wildman–Crippen LogP) is 2.57. The average molecular weight is 278 g/mol. The van der Waals surface area contributed by atoms with Crippen LogP contribution in [-0.2, 0) is 20.0 Å². The second-order valence-electron chi connectivity index (χ2n) is 4.39. The summed E-state index contributed by atoms with van der Waals surface area (Å²) in [6.07, 6.45) is 4.66. The number of hydrogen-bond donors (Lipinski definition) is 1. The monoisotopic (exact) mass is 277 g/mol. The number of rotatable bonds is 4. The van der Waals surface area contributed by atoms with E-state index in [0.29, 0.717) is 17.3 Å². The lowest BCUT2D eigenvalue weighted by atomic mass is 10.2. The van der Waals surface area contributed by atoms with Crippen molar-refractivity contribution in [2.75, 3.05) is 0 Å². The molecule has 2 rings (SSSR count). The Labute approximate surface area is 117 Å². The molecule has 0 radical (unpaired) electrons. The molecule has 2 heterocycles. The Hall–Kier alpha value is -1.81. The maximum atomic E-state index is 12.0. The molecule has 4 nitrogen and oxygen atoms in total. The molecular formula is C14H16ClN3O. The molecule has 0 saturated carbocycles. The van der Waals surface area contributed by atoms with E-state index in [-0.39, 0.29) is 5.91 Å². The zero-order valence-electron chi connectivity index (χ0n) is 11.0. The van der Waals surface area contributed by atoms with Gasteiger partial charge < -0.3 is 9.88 Å². The second-order valence-corrected chi connectivity index (χ2v) is 4.78. The summed E-state index contributed by atoms with van der Waals surface area (Å²) in [7, 11) is 1.95. The molecule has 0 atom stereocenters. The Morgan fingerprint density at radius 3 is 2.89 bits per heavy atom. The number of hydrogen-bond acceptors (Lipinski definition) is 2. The number of carbonyl (C=O) groups excluding carboxylic acids is 1. The molecule has 0 bridgehead atoms. The van der Waals surface area contributed by atoms with Gasteiger partial charge in [0.1, 0.15) is 5.15 Å². The van der Waals surface area contributed by atoms with Gasteiger partial charge in [0.25, 0.3) is 5.91 Å². The van der Waals surface area contributed by atoms with Crippen LogP contribution in [0.5, 0.6) is 0 Å². The summed E-state index contributed by atoms with van der Waals surface area (Å²) in [5.41, 5.74) is 2.43. The van der Waals surface area contributed by atoms with Crippen molar-refractivity contribution in [2.45, 2.75) is 19.9 Å². The molecule has 2 aromatic heterocycles. The van der Waals surface area contributed by atoms with Gasteiger partial charge in [-0.2, -0.15) is 0 Å². The maximum Gasteiger partial charge on any atom is 0.251 e.